The van der Waals surface area contributed by atoms with E-state index >= 15 is 0 Å². The maximum absolute atomic E-state index is 12.6. The second-order valence-electron chi connectivity index (χ2n) is 7.99. The van der Waals surface area contributed by atoms with Crippen molar-refractivity contribution >= 4 is 42.2 Å². The molecule has 1 aliphatic rings. The van der Waals surface area contributed by atoms with Gasteiger partial charge in [-0.1, -0.05) is 26.8 Å². The highest BCUT2D eigenvalue weighted by molar-refractivity contribution is 7.92. The molecule has 1 saturated heterocycles. The predicted octanol–water partition coefficient (Wildman–Crippen LogP) is 2.16. The zero-order valence-electron chi connectivity index (χ0n) is 16.3. The first kappa shape index (κ1) is 21.9. The summed E-state index contributed by atoms with van der Waals surface area (Å²) in [6.07, 6.45) is 0.238. The van der Waals surface area contributed by atoms with Crippen LogP contribution >= 0.6 is 11.3 Å². The highest BCUT2D eigenvalue weighted by Crippen LogP contribution is 2.26. The molecule has 0 bridgehead atoms. The average Bonchev–Trinajstić information content (AvgIpc) is 3.20. The third-order valence-corrected chi connectivity index (χ3v) is 8.50. The van der Waals surface area contributed by atoms with Gasteiger partial charge in [-0.05, 0) is 24.6 Å². The Morgan fingerprint density at radius 1 is 1.28 bits per heavy atom. The molecule has 1 amide bonds. The summed E-state index contributed by atoms with van der Waals surface area (Å²) in [4.78, 5) is 16.8. The lowest BCUT2D eigenvalue weighted by Crippen LogP contribution is -2.35. The van der Waals surface area contributed by atoms with Crippen molar-refractivity contribution in [1.82, 2.24) is 9.71 Å². The number of anilines is 1. The van der Waals surface area contributed by atoms with Crippen LogP contribution in [0.1, 0.15) is 43.2 Å². The maximum atomic E-state index is 12.6. The summed E-state index contributed by atoms with van der Waals surface area (Å²) in [5, 5.41) is 4.99. The van der Waals surface area contributed by atoms with Crippen molar-refractivity contribution in [3.05, 3.63) is 40.9 Å². The van der Waals surface area contributed by atoms with Gasteiger partial charge in [0.2, 0.25) is 10.0 Å². The Hall–Kier alpha value is -1.82. The summed E-state index contributed by atoms with van der Waals surface area (Å²) < 4.78 is 50.7. The van der Waals surface area contributed by atoms with E-state index in [1.807, 2.05) is 26.2 Å². The number of benzene rings is 1. The monoisotopic (exact) mass is 457 g/mol. The van der Waals surface area contributed by atoms with Crippen LogP contribution in [0.3, 0.4) is 0 Å². The Balaban J connectivity index is 1.74. The quantitative estimate of drug-likeness (QED) is 0.709. The molecule has 1 fully saturated rings. The number of amides is 1. The largest absolute Gasteiger partial charge is 0.298 e. The summed E-state index contributed by atoms with van der Waals surface area (Å²) in [7, 11) is -7.16. The molecule has 0 spiro atoms. The highest BCUT2D eigenvalue weighted by Gasteiger charge is 2.31. The zero-order chi connectivity index (χ0) is 21.4. The van der Waals surface area contributed by atoms with Crippen LogP contribution < -0.4 is 10.0 Å². The maximum Gasteiger partial charge on any atom is 0.257 e. The van der Waals surface area contributed by atoms with E-state index in [9.17, 15) is 21.6 Å². The molecule has 3 rings (SSSR count). The number of sulfonamides is 1. The zero-order valence-corrected chi connectivity index (χ0v) is 18.7. The summed E-state index contributed by atoms with van der Waals surface area (Å²) in [6, 6.07) is 4.95. The smallest absolute Gasteiger partial charge is 0.257 e. The SMILES string of the molecule is CC(C)(C)c1csc(NC(=O)c2cccc(S(=O)(=O)NC3CCS(=O)(=O)C3)c2)n1. The van der Waals surface area contributed by atoms with Gasteiger partial charge in [0.05, 0.1) is 22.1 Å². The molecule has 2 heterocycles. The number of thiazole rings is 1. The number of nitrogens with one attached hydrogen (secondary N) is 2. The van der Waals surface area contributed by atoms with E-state index in [4.69, 9.17) is 0 Å². The third-order valence-electron chi connectivity index (χ3n) is 4.45. The molecule has 1 unspecified atom stereocenters. The standard InChI is InChI=1S/C18H23N3O5S3/c1-18(2,3)15-10-27-17(19-15)20-16(22)12-5-4-6-14(9-12)29(25,26)21-13-7-8-28(23,24)11-13/h4-6,9-10,13,21H,7-8,11H2,1-3H3,(H,19,20,22). The first-order valence-corrected chi connectivity index (χ1v) is 13.1. The molecule has 1 aromatic heterocycles. The van der Waals surface area contributed by atoms with Crippen LogP contribution in [-0.4, -0.2) is 45.3 Å². The van der Waals surface area contributed by atoms with Crippen LogP contribution in [-0.2, 0) is 25.3 Å². The van der Waals surface area contributed by atoms with Gasteiger partial charge in [0.15, 0.2) is 15.0 Å². The molecule has 0 aliphatic carbocycles. The number of nitrogens with zero attached hydrogens (tertiary/aromatic N) is 1. The second-order valence-corrected chi connectivity index (χ2v) is 12.8. The fraction of sp³-hybridized carbons (Fsp3) is 0.444. The van der Waals surface area contributed by atoms with Crippen molar-refractivity contribution in [2.45, 2.75) is 43.5 Å². The van der Waals surface area contributed by atoms with E-state index in [0.29, 0.717) is 5.13 Å². The van der Waals surface area contributed by atoms with E-state index < -0.39 is 31.8 Å². The molecule has 8 nitrogen and oxygen atoms in total. The van der Waals surface area contributed by atoms with Gasteiger partial charge in [0, 0.05) is 22.4 Å². The molecule has 0 radical (unpaired) electrons. The molecule has 29 heavy (non-hydrogen) atoms. The topological polar surface area (TPSA) is 122 Å². The average molecular weight is 458 g/mol. The number of hydrogen-bond acceptors (Lipinski definition) is 7. The minimum Gasteiger partial charge on any atom is -0.298 e. The molecule has 1 aliphatic heterocycles. The predicted molar refractivity (Wildman–Crippen MR) is 113 cm³/mol. The second kappa shape index (κ2) is 7.78. The number of rotatable bonds is 5. The first-order valence-electron chi connectivity index (χ1n) is 8.96. The minimum atomic E-state index is -3.95. The van der Waals surface area contributed by atoms with Gasteiger partial charge in [-0.3, -0.25) is 10.1 Å². The Bertz CT molecular complexity index is 1130. The fourth-order valence-electron chi connectivity index (χ4n) is 2.82. The van der Waals surface area contributed by atoms with Gasteiger partial charge < -0.3 is 0 Å². The molecule has 11 heteroatoms. The van der Waals surface area contributed by atoms with Gasteiger partial charge in [-0.25, -0.2) is 26.5 Å². The van der Waals surface area contributed by atoms with Crippen molar-refractivity contribution in [3.63, 3.8) is 0 Å². The first-order chi connectivity index (χ1) is 13.4. The molecule has 2 aromatic rings. The van der Waals surface area contributed by atoms with E-state index in [0.717, 1.165) is 5.69 Å². The van der Waals surface area contributed by atoms with Crippen LogP contribution in [0.15, 0.2) is 34.5 Å². The number of aromatic nitrogens is 1. The minimum absolute atomic E-state index is 0.0347. The van der Waals surface area contributed by atoms with E-state index in [1.165, 1.54) is 35.6 Å². The Morgan fingerprint density at radius 2 is 2.00 bits per heavy atom. The van der Waals surface area contributed by atoms with Crippen molar-refractivity contribution in [2.75, 3.05) is 16.8 Å². The lowest BCUT2D eigenvalue weighted by atomic mass is 9.93. The van der Waals surface area contributed by atoms with Gasteiger partial charge in [0.1, 0.15) is 0 Å². The van der Waals surface area contributed by atoms with Gasteiger partial charge in [-0.2, -0.15) is 0 Å². The number of hydrogen-bond donors (Lipinski definition) is 2. The van der Waals surface area contributed by atoms with E-state index in [2.05, 4.69) is 15.0 Å². The van der Waals surface area contributed by atoms with Crippen LogP contribution in [0.2, 0.25) is 0 Å². The van der Waals surface area contributed by atoms with Crippen LogP contribution in [0.4, 0.5) is 5.13 Å². The molecular weight excluding hydrogens is 434 g/mol. The Kier molecular flexibility index (Phi) is 5.87. The molecule has 1 atom stereocenters. The normalized spacial score (nSPS) is 19.2. The van der Waals surface area contributed by atoms with Gasteiger partial charge >= 0.3 is 0 Å². The van der Waals surface area contributed by atoms with Crippen LogP contribution in [0.25, 0.3) is 0 Å². The van der Waals surface area contributed by atoms with Gasteiger partial charge in [0.25, 0.3) is 5.91 Å². The summed E-state index contributed by atoms with van der Waals surface area (Å²) in [5.74, 6) is -0.722. The van der Waals surface area contributed by atoms with Crippen molar-refractivity contribution in [3.8, 4) is 0 Å². The van der Waals surface area contributed by atoms with Crippen LogP contribution in [0, 0.1) is 0 Å². The fourth-order valence-corrected chi connectivity index (χ4v) is 6.85. The molecular formula is C18H23N3O5S3. The Morgan fingerprint density at radius 3 is 2.59 bits per heavy atom. The van der Waals surface area contributed by atoms with Gasteiger partial charge in [-0.15, -0.1) is 11.3 Å². The molecule has 2 N–H and O–H groups in total. The molecule has 0 saturated carbocycles. The van der Waals surface area contributed by atoms with Crippen molar-refractivity contribution in [1.29, 1.82) is 0 Å². The third kappa shape index (κ3) is 5.41. The van der Waals surface area contributed by atoms with Crippen molar-refractivity contribution < 1.29 is 21.6 Å². The van der Waals surface area contributed by atoms with E-state index in [-0.39, 0.29) is 33.8 Å². The summed E-state index contributed by atoms with van der Waals surface area (Å²) in [5.41, 5.74) is 0.872. The number of carbonyl (C=O) groups excluding carboxylic acids is 1. The lowest BCUT2D eigenvalue weighted by Gasteiger charge is -2.14. The molecule has 1 aromatic carbocycles. The van der Waals surface area contributed by atoms with E-state index in [1.54, 1.807) is 0 Å². The summed E-state index contributed by atoms with van der Waals surface area (Å²) >= 11 is 1.30. The number of carbonyl (C=O) groups is 1. The number of sulfone groups is 1. The Labute approximate surface area is 174 Å². The summed E-state index contributed by atoms with van der Waals surface area (Å²) in [6.45, 7) is 6.06. The molecule has 158 valence electrons. The highest BCUT2D eigenvalue weighted by atomic mass is 32.2. The van der Waals surface area contributed by atoms with Crippen molar-refractivity contribution in [2.24, 2.45) is 0 Å². The lowest BCUT2D eigenvalue weighted by molar-refractivity contribution is 0.102. The van der Waals surface area contributed by atoms with Crippen LogP contribution in [0.5, 0.6) is 0 Å².